The number of nitrogens with zero attached hydrogens (tertiary/aromatic N) is 3. The third-order valence-electron chi connectivity index (χ3n) is 9.13. The molecule has 1 saturated heterocycles. The van der Waals surface area contributed by atoms with Crippen LogP contribution in [0.4, 0.5) is 17.1 Å². The maximum absolute atomic E-state index is 12.6. The minimum Gasteiger partial charge on any atom is -0.376 e. The molecule has 6 rings (SSSR count). The van der Waals surface area contributed by atoms with Gasteiger partial charge in [0, 0.05) is 49.4 Å². The topological polar surface area (TPSA) is 78.7 Å². The molecule has 1 aromatic carbocycles. The van der Waals surface area contributed by atoms with Gasteiger partial charge in [-0.1, -0.05) is 20.8 Å². The third-order valence-corrected chi connectivity index (χ3v) is 9.13. The molecule has 0 spiro atoms. The zero-order valence-electron chi connectivity index (χ0n) is 21.2. The number of nitrogens with one attached hydrogen (secondary N) is 1. The van der Waals surface area contributed by atoms with Crippen molar-refractivity contribution >= 4 is 23.0 Å². The quantitative estimate of drug-likeness (QED) is 0.468. The Morgan fingerprint density at radius 3 is 2.12 bits per heavy atom. The number of amides is 1. The van der Waals surface area contributed by atoms with Gasteiger partial charge in [-0.3, -0.25) is 14.9 Å². The first-order chi connectivity index (χ1) is 16.0. The number of benzene rings is 1. The molecule has 1 unspecified atom stereocenters. The van der Waals surface area contributed by atoms with E-state index in [-0.39, 0.29) is 33.4 Å². The van der Waals surface area contributed by atoms with Crippen molar-refractivity contribution in [2.24, 2.45) is 28.6 Å². The van der Waals surface area contributed by atoms with Gasteiger partial charge < -0.3 is 15.1 Å². The molecule has 186 valence electrons. The Bertz CT molecular complexity index is 926. The predicted octanol–water partition coefficient (Wildman–Crippen LogP) is 5.31. The van der Waals surface area contributed by atoms with E-state index in [0.29, 0.717) is 18.8 Å². The van der Waals surface area contributed by atoms with Crippen molar-refractivity contribution in [1.82, 2.24) is 4.90 Å². The minimum atomic E-state index is -0.375. The molecule has 1 aliphatic heterocycles. The summed E-state index contributed by atoms with van der Waals surface area (Å²) in [6.45, 7) is 11.0. The predicted molar refractivity (Wildman–Crippen MR) is 135 cm³/mol. The second-order valence-electron chi connectivity index (χ2n) is 12.6. The van der Waals surface area contributed by atoms with E-state index in [1.807, 2.05) is 37.8 Å². The molecule has 4 aliphatic carbocycles. The van der Waals surface area contributed by atoms with Crippen molar-refractivity contribution in [3.8, 4) is 0 Å². The van der Waals surface area contributed by atoms with Crippen LogP contribution in [-0.4, -0.2) is 48.0 Å². The van der Waals surface area contributed by atoms with Gasteiger partial charge in [-0.15, -0.1) is 0 Å². The molecule has 5 fully saturated rings. The van der Waals surface area contributed by atoms with Gasteiger partial charge >= 0.3 is 0 Å². The smallest absolute Gasteiger partial charge is 0.292 e. The summed E-state index contributed by atoms with van der Waals surface area (Å²) in [5, 5.41) is 15.5. The second-order valence-corrected chi connectivity index (χ2v) is 12.6. The maximum Gasteiger partial charge on any atom is 0.292 e. The third kappa shape index (κ3) is 4.27. The van der Waals surface area contributed by atoms with E-state index in [9.17, 15) is 14.9 Å². The van der Waals surface area contributed by atoms with Crippen molar-refractivity contribution in [3.05, 3.63) is 28.3 Å². The number of carbonyl (C=O) groups excluding carboxylic acids is 1. The van der Waals surface area contributed by atoms with E-state index in [4.69, 9.17) is 0 Å². The Kier molecular flexibility index (Phi) is 5.80. The van der Waals surface area contributed by atoms with Crippen LogP contribution in [0.2, 0.25) is 0 Å². The number of nitro benzene ring substituents is 1. The summed E-state index contributed by atoms with van der Waals surface area (Å²) in [5.74, 6) is 2.74. The number of hydrogen-bond donors (Lipinski definition) is 1. The fraction of sp³-hybridized carbons (Fsp3) is 0.741. The fourth-order valence-electron chi connectivity index (χ4n) is 7.73. The molecule has 1 heterocycles. The van der Waals surface area contributed by atoms with Crippen molar-refractivity contribution in [2.75, 3.05) is 36.4 Å². The molecule has 0 aromatic heterocycles. The van der Waals surface area contributed by atoms with Gasteiger partial charge in [0.15, 0.2) is 0 Å². The van der Waals surface area contributed by atoms with Crippen LogP contribution in [0, 0.1) is 38.7 Å². The first kappa shape index (κ1) is 23.4. The lowest BCUT2D eigenvalue weighted by Gasteiger charge is -2.59. The highest BCUT2D eigenvalue weighted by Crippen LogP contribution is 2.61. The summed E-state index contributed by atoms with van der Waals surface area (Å²) in [4.78, 5) is 28.4. The molecule has 1 aromatic rings. The summed E-state index contributed by atoms with van der Waals surface area (Å²) in [5.41, 5.74) is 1.69. The number of anilines is 2. The van der Waals surface area contributed by atoms with Gasteiger partial charge in [-0.2, -0.15) is 0 Å². The van der Waals surface area contributed by atoms with Gasteiger partial charge in [-0.05, 0) is 80.8 Å². The summed E-state index contributed by atoms with van der Waals surface area (Å²) in [7, 11) is 0. The first-order valence-corrected chi connectivity index (χ1v) is 13.1. The largest absolute Gasteiger partial charge is 0.376 e. The molecule has 7 heteroatoms. The van der Waals surface area contributed by atoms with Crippen LogP contribution >= 0.6 is 0 Å². The van der Waals surface area contributed by atoms with Crippen LogP contribution in [-0.2, 0) is 4.79 Å². The van der Waals surface area contributed by atoms with E-state index in [0.717, 1.165) is 36.5 Å². The Morgan fingerprint density at radius 2 is 1.62 bits per heavy atom. The number of piperazine rings is 1. The van der Waals surface area contributed by atoms with E-state index in [2.05, 4.69) is 17.1 Å². The fourth-order valence-corrected chi connectivity index (χ4v) is 7.73. The molecule has 1 N–H and O–H groups in total. The van der Waals surface area contributed by atoms with Crippen LogP contribution < -0.4 is 10.2 Å². The minimum absolute atomic E-state index is 0.155. The highest BCUT2D eigenvalue weighted by molar-refractivity contribution is 5.82. The molecule has 0 radical (unpaired) electrons. The molecular weight excluding hydrogens is 428 g/mol. The van der Waals surface area contributed by atoms with Gasteiger partial charge in [0.25, 0.3) is 5.69 Å². The van der Waals surface area contributed by atoms with E-state index in [1.54, 1.807) is 6.07 Å². The zero-order valence-corrected chi connectivity index (χ0v) is 21.2. The molecule has 1 atom stereocenters. The highest BCUT2D eigenvalue weighted by atomic mass is 16.6. The van der Waals surface area contributed by atoms with E-state index >= 15 is 0 Å². The molecule has 5 aliphatic rings. The standard InChI is InChI=1S/C27H40N4O3/c1-18(27-15-19-11-20(16-27)13-21(12-19)17-27)28-23-14-22(5-6-24(23)31(33)34)29-7-9-30(10-8-29)25(32)26(2,3)4/h5-6,14,18-21,28H,7-13,15-17H2,1-4H3. The lowest BCUT2D eigenvalue weighted by atomic mass is 9.48. The summed E-state index contributed by atoms with van der Waals surface area (Å²) in [6, 6.07) is 5.70. The Balaban J connectivity index is 1.32. The van der Waals surface area contributed by atoms with Crippen LogP contribution in [0.15, 0.2) is 18.2 Å². The van der Waals surface area contributed by atoms with Gasteiger partial charge in [0.2, 0.25) is 5.91 Å². The van der Waals surface area contributed by atoms with Crippen molar-refractivity contribution < 1.29 is 9.72 Å². The Hall–Kier alpha value is -2.31. The number of hydrogen-bond acceptors (Lipinski definition) is 5. The molecule has 4 bridgehead atoms. The lowest BCUT2D eigenvalue weighted by molar-refractivity contribution is -0.384. The van der Waals surface area contributed by atoms with Crippen LogP contribution in [0.5, 0.6) is 0 Å². The maximum atomic E-state index is 12.6. The summed E-state index contributed by atoms with van der Waals surface area (Å²) >= 11 is 0. The van der Waals surface area contributed by atoms with Crippen LogP contribution in [0.25, 0.3) is 0 Å². The SMILES string of the molecule is CC(Nc1cc(N2CCN(C(=O)C(C)(C)C)CC2)ccc1[N+](=O)[O-])C12CC3CC(CC(C3)C1)C2. The van der Waals surface area contributed by atoms with Gasteiger partial charge in [-0.25, -0.2) is 0 Å². The Labute approximate surface area is 203 Å². The molecule has 1 amide bonds. The van der Waals surface area contributed by atoms with Crippen LogP contribution in [0.1, 0.15) is 66.2 Å². The molecular formula is C27H40N4O3. The monoisotopic (exact) mass is 468 g/mol. The van der Waals surface area contributed by atoms with Gasteiger partial charge in [0.1, 0.15) is 5.69 Å². The van der Waals surface area contributed by atoms with Crippen LogP contribution in [0.3, 0.4) is 0 Å². The lowest BCUT2D eigenvalue weighted by Crippen LogP contribution is -2.53. The normalized spacial score (nSPS) is 31.5. The molecule has 34 heavy (non-hydrogen) atoms. The Morgan fingerprint density at radius 1 is 1.06 bits per heavy atom. The van der Waals surface area contributed by atoms with Crippen molar-refractivity contribution in [2.45, 2.75) is 72.3 Å². The molecule has 4 saturated carbocycles. The zero-order chi connectivity index (χ0) is 24.3. The van der Waals surface area contributed by atoms with E-state index in [1.165, 1.54) is 38.5 Å². The molecule has 7 nitrogen and oxygen atoms in total. The van der Waals surface area contributed by atoms with Crippen molar-refractivity contribution in [3.63, 3.8) is 0 Å². The number of rotatable bonds is 5. The highest BCUT2D eigenvalue weighted by Gasteiger charge is 2.53. The van der Waals surface area contributed by atoms with E-state index < -0.39 is 0 Å². The number of nitro groups is 1. The first-order valence-electron chi connectivity index (χ1n) is 13.1. The summed E-state index contributed by atoms with van der Waals surface area (Å²) in [6.07, 6.45) is 7.99. The van der Waals surface area contributed by atoms with Crippen molar-refractivity contribution in [1.29, 1.82) is 0 Å². The summed E-state index contributed by atoms with van der Waals surface area (Å²) < 4.78 is 0. The average Bonchev–Trinajstić information content (AvgIpc) is 2.77. The van der Waals surface area contributed by atoms with Gasteiger partial charge in [0.05, 0.1) is 4.92 Å². The number of carbonyl (C=O) groups is 1. The second kappa shape index (κ2) is 8.42. The average molecular weight is 469 g/mol.